The molecule has 0 aliphatic heterocycles. The summed E-state index contributed by atoms with van der Waals surface area (Å²) in [6, 6.07) is 4.19. The van der Waals surface area contributed by atoms with Crippen molar-refractivity contribution in [2.75, 3.05) is 40.0 Å². The van der Waals surface area contributed by atoms with Crippen molar-refractivity contribution < 1.29 is 4.79 Å². The molecule has 1 amide bonds. The SMILES string of the molecule is CSC(C)(C)CNC(=NCC(=O)N(C)C)NCCc1cccs1. The van der Waals surface area contributed by atoms with Gasteiger partial charge in [0.15, 0.2) is 5.96 Å². The van der Waals surface area contributed by atoms with Crippen molar-refractivity contribution in [3.63, 3.8) is 0 Å². The molecule has 2 N–H and O–H groups in total. The molecule has 0 unspecified atom stereocenters. The smallest absolute Gasteiger partial charge is 0.243 e. The molecule has 0 bridgehead atoms. The average Bonchev–Trinajstić information content (AvgIpc) is 3.02. The van der Waals surface area contributed by atoms with Crippen LogP contribution in [0.1, 0.15) is 18.7 Å². The van der Waals surface area contributed by atoms with Gasteiger partial charge in [0, 0.05) is 36.8 Å². The lowest BCUT2D eigenvalue weighted by atomic mass is 10.2. The Bertz CT molecular complexity index is 498. The predicted molar refractivity (Wildman–Crippen MR) is 103 cm³/mol. The number of rotatable bonds is 8. The normalized spacial score (nSPS) is 12.1. The summed E-state index contributed by atoms with van der Waals surface area (Å²) >= 11 is 3.56. The minimum Gasteiger partial charge on any atom is -0.356 e. The molecule has 1 rings (SSSR count). The van der Waals surface area contributed by atoms with Gasteiger partial charge in [-0.25, -0.2) is 4.99 Å². The number of guanidine groups is 1. The number of nitrogens with one attached hydrogen (secondary N) is 2. The lowest BCUT2D eigenvalue weighted by molar-refractivity contribution is -0.127. The summed E-state index contributed by atoms with van der Waals surface area (Å²) in [5.74, 6) is 0.687. The molecule has 1 aromatic heterocycles. The zero-order valence-electron chi connectivity index (χ0n) is 14.7. The Morgan fingerprint density at radius 3 is 2.70 bits per heavy atom. The molecule has 130 valence electrons. The van der Waals surface area contributed by atoms with Crippen molar-refractivity contribution in [3.05, 3.63) is 22.4 Å². The Morgan fingerprint density at radius 2 is 2.13 bits per heavy atom. The van der Waals surface area contributed by atoms with Crippen LogP contribution in [0.5, 0.6) is 0 Å². The topological polar surface area (TPSA) is 56.7 Å². The first-order valence-corrected chi connectivity index (χ1v) is 9.74. The van der Waals surface area contributed by atoms with E-state index in [0.29, 0.717) is 5.96 Å². The first-order chi connectivity index (χ1) is 10.8. The van der Waals surface area contributed by atoms with Gasteiger partial charge in [-0.2, -0.15) is 11.8 Å². The highest BCUT2D eigenvalue weighted by molar-refractivity contribution is 7.99. The van der Waals surface area contributed by atoms with Crippen LogP contribution in [0.25, 0.3) is 0 Å². The number of amides is 1. The van der Waals surface area contributed by atoms with E-state index in [1.807, 2.05) is 0 Å². The summed E-state index contributed by atoms with van der Waals surface area (Å²) in [6.07, 6.45) is 3.05. The lowest BCUT2D eigenvalue weighted by Gasteiger charge is -2.24. The van der Waals surface area contributed by atoms with Crippen LogP contribution < -0.4 is 10.6 Å². The molecule has 0 aliphatic carbocycles. The number of thiophene rings is 1. The molecule has 1 aromatic rings. The fourth-order valence-electron chi connectivity index (χ4n) is 1.59. The Labute approximate surface area is 147 Å². The number of carbonyl (C=O) groups is 1. The average molecular weight is 357 g/mol. The van der Waals surface area contributed by atoms with Crippen molar-refractivity contribution >= 4 is 35.0 Å². The Balaban J connectivity index is 2.55. The molecule has 0 radical (unpaired) electrons. The van der Waals surface area contributed by atoms with E-state index in [1.54, 1.807) is 42.1 Å². The molecule has 0 atom stereocenters. The standard InChI is InChI=1S/C16H28N4OS2/c1-16(2,22-5)12-19-15(18-11-14(21)20(3)4)17-9-8-13-7-6-10-23-13/h6-7,10H,8-9,11-12H2,1-5H3,(H2,17,18,19). The number of thioether (sulfide) groups is 1. The van der Waals surface area contributed by atoms with Crippen LogP contribution in [0.2, 0.25) is 0 Å². The third-order valence-corrected chi connectivity index (χ3v) is 5.54. The molecule has 5 nitrogen and oxygen atoms in total. The molecular weight excluding hydrogens is 328 g/mol. The molecule has 1 heterocycles. The Morgan fingerprint density at radius 1 is 1.39 bits per heavy atom. The van der Waals surface area contributed by atoms with E-state index >= 15 is 0 Å². The number of hydrogen-bond donors (Lipinski definition) is 2. The zero-order chi connectivity index (χ0) is 17.3. The molecule has 0 saturated heterocycles. The van der Waals surface area contributed by atoms with Crippen molar-refractivity contribution in [1.29, 1.82) is 0 Å². The van der Waals surface area contributed by atoms with E-state index in [2.05, 4.69) is 53.2 Å². The van der Waals surface area contributed by atoms with Crippen LogP contribution in [0, 0.1) is 0 Å². The number of aliphatic imine (C=N–C) groups is 1. The maximum Gasteiger partial charge on any atom is 0.243 e. The van der Waals surface area contributed by atoms with Gasteiger partial charge >= 0.3 is 0 Å². The number of nitrogens with zero attached hydrogens (tertiary/aromatic N) is 2. The highest BCUT2D eigenvalue weighted by Crippen LogP contribution is 2.19. The van der Waals surface area contributed by atoms with Crippen LogP contribution in [0.3, 0.4) is 0 Å². The van der Waals surface area contributed by atoms with E-state index < -0.39 is 0 Å². The minimum absolute atomic E-state index is 0.00603. The first kappa shape index (κ1) is 19.8. The molecule has 23 heavy (non-hydrogen) atoms. The van der Waals surface area contributed by atoms with Gasteiger partial charge in [-0.15, -0.1) is 11.3 Å². The number of likely N-dealkylation sites (N-methyl/N-ethyl adjacent to an activating group) is 1. The molecule has 0 spiro atoms. The fourth-order valence-corrected chi connectivity index (χ4v) is 2.52. The van der Waals surface area contributed by atoms with Gasteiger partial charge < -0.3 is 15.5 Å². The third kappa shape index (κ3) is 8.27. The van der Waals surface area contributed by atoms with Crippen LogP contribution in [-0.4, -0.2) is 61.5 Å². The number of hydrogen-bond acceptors (Lipinski definition) is 4. The third-order valence-electron chi connectivity index (χ3n) is 3.35. The maximum atomic E-state index is 11.7. The largest absolute Gasteiger partial charge is 0.356 e. The minimum atomic E-state index is -0.00603. The van der Waals surface area contributed by atoms with Crippen molar-refractivity contribution in [1.82, 2.24) is 15.5 Å². The molecule has 7 heteroatoms. The molecular formula is C16H28N4OS2. The highest BCUT2D eigenvalue weighted by atomic mass is 32.2. The Kier molecular flexibility index (Phi) is 8.47. The lowest BCUT2D eigenvalue weighted by Crippen LogP contribution is -2.44. The summed E-state index contributed by atoms with van der Waals surface area (Å²) < 4.78 is 0.113. The summed E-state index contributed by atoms with van der Waals surface area (Å²) in [7, 11) is 3.48. The van der Waals surface area contributed by atoms with Crippen LogP contribution in [0.4, 0.5) is 0 Å². The van der Waals surface area contributed by atoms with Gasteiger partial charge in [-0.1, -0.05) is 6.07 Å². The van der Waals surface area contributed by atoms with Crippen LogP contribution >= 0.6 is 23.1 Å². The zero-order valence-corrected chi connectivity index (χ0v) is 16.3. The predicted octanol–water partition coefficient (Wildman–Crippen LogP) is 2.06. The van der Waals surface area contributed by atoms with Crippen molar-refractivity contribution in [3.8, 4) is 0 Å². The van der Waals surface area contributed by atoms with Gasteiger partial charge in [0.05, 0.1) is 0 Å². The van der Waals surface area contributed by atoms with Crippen molar-refractivity contribution in [2.45, 2.75) is 25.0 Å². The quantitative estimate of drug-likeness (QED) is 0.553. The summed E-state index contributed by atoms with van der Waals surface area (Å²) in [4.78, 5) is 19.0. The van der Waals surface area contributed by atoms with Gasteiger partial charge in [0.1, 0.15) is 6.54 Å². The van der Waals surface area contributed by atoms with Crippen molar-refractivity contribution in [2.24, 2.45) is 4.99 Å². The van der Waals surface area contributed by atoms with Crippen LogP contribution in [-0.2, 0) is 11.2 Å². The monoisotopic (exact) mass is 356 g/mol. The maximum absolute atomic E-state index is 11.7. The molecule has 0 fully saturated rings. The van der Waals surface area contributed by atoms with Gasteiger partial charge in [0.25, 0.3) is 0 Å². The van der Waals surface area contributed by atoms with E-state index in [-0.39, 0.29) is 17.2 Å². The molecule has 0 saturated carbocycles. The van der Waals surface area contributed by atoms with E-state index in [1.165, 1.54) is 4.88 Å². The number of carbonyl (C=O) groups excluding carboxylic acids is 1. The van der Waals surface area contributed by atoms with Gasteiger partial charge in [-0.3, -0.25) is 4.79 Å². The first-order valence-electron chi connectivity index (χ1n) is 7.64. The van der Waals surface area contributed by atoms with Gasteiger partial charge in [0.2, 0.25) is 5.91 Å². The van der Waals surface area contributed by atoms with E-state index in [0.717, 1.165) is 19.5 Å². The van der Waals surface area contributed by atoms with Gasteiger partial charge in [-0.05, 0) is 38.0 Å². The molecule has 0 aromatic carbocycles. The molecule has 0 aliphatic rings. The fraction of sp³-hybridized carbons (Fsp3) is 0.625. The van der Waals surface area contributed by atoms with E-state index in [4.69, 9.17) is 0 Å². The summed E-state index contributed by atoms with van der Waals surface area (Å²) in [5.41, 5.74) is 0. The second-order valence-electron chi connectivity index (χ2n) is 6.03. The second kappa shape index (κ2) is 9.82. The summed E-state index contributed by atoms with van der Waals surface area (Å²) in [5, 5.41) is 8.73. The van der Waals surface area contributed by atoms with E-state index in [9.17, 15) is 4.79 Å². The summed E-state index contributed by atoms with van der Waals surface area (Å²) in [6.45, 7) is 6.09. The van der Waals surface area contributed by atoms with Crippen LogP contribution in [0.15, 0.2) is 22.5 Å². The highest BCUT2D eigenvalue weighted by Gasteiger charge is 2.16. The second-order valence-corrected chi connectivity index (χ2v) is 8.57. The Hall–Kier alpha value is -1.21.